The number of rotatable bonds is 2. The lowest BCUT2D eigenvalue weighted by Crippen LogP contribution is -2.50. The standard InChI is InChI=1S/C20H20F2N2O2/c1-13-3-4-15(11-14(13)2)19(25)23-7-9-24(10-8-23)20(26)16-5-6-17(21)18(22)12-16/h3-6,11-12H,7-10H2,1-2H3. The second kappa shape index (κ2) is 7.23. The fourth-order valence-corrected chi connectivity index (χ4v) is 2.98. The lowest BCUT2D eigenvalue weighted by molar-refractivity contribution is 0.0535. The third-order valence-electron chi connectivity index (χ3n) is 4.77. The maximum Gasteiger partial charge on any atom is 0.254 e. The molecule has 0 atom stereocenters. The zero-order valence-corrected chi connectivity index (χ0v) is 14.8. The molecule has 2 aromatic carbocycles. The quantitative estimate of drug-likeness (QED) is 0.827. The number of hydrogen-bond donors (Lipinski definition) is 0. The summed E-state index contributed by atoms with van der Waals surface area (Å²) in [5, 5.41) is 0. The van der Waals surface area contributed by atoms with Crippen molar-refractivity contribution in [2.45, 2.75) is 13.8 Å². The van der Waals surface area contributed by atoms with Gasteiger partial charge in [0.05, 0.1) is 0 Å². The largest absolute Gasteiger partial charge is 0.335 e. The number of benzene rings is 2. The van der Waals surface area contributed by atoms with Crippen molar-refractivity contribution in [3.05, 3.63) is 70.3 Å². The molecule has 0 bridgehead atoms. The van der Waals surface area contributed by atoms with Crippen LogP contribution in [0.4, 0.5) is 8.78 Å². The first-order valence-corrected chi connectivity index (χ1v) is 8.47. The molecule has 0 saturated carbocycles. The molecule has 1 saturated heterocycles. The molecule has 0 aromatic heterocycles. The van der Waals surface area contributed by atoms with Crippen molar-refractivity contribution in [2.75, 3.05) is 26.2 Å². The normalized spacial score (nSPS) is 14.5. The third-order valence-corrected chi connectivity index (χ3v) is 4.77. The summed E-state index contributed by atoms with van der Waals surface area (Å²) in [5.74, 6) is -2.44. The van der Waals surface area contributed by atoms with Gasteiger partial charge in [-0.15, -0.1) is 0 Å². The van der Waals surface area contributed by atoms with Gasteiger partial charge in [-0.25, -0.2) is 8.78 Å². The highest BCUT2D eigenvalue weighted by Gasteiger charge is 2.26. The van der Waals surface area contributed by atoms with E-state index in [0.717, 1.165) is 23.3 Å². The third kappa shape index (κ3) is 3.59. The van der Waals surface area contributed by atoms with Crippen LogP contribution in [-0.4, -0.2) is 47.8 Å². The van der Waals surface area contributed by atoms with Gasteiger partial charge in [-0.05, 0) is 55.3 Å². The molecule has 136 valence electrons. The van der Waals surface area contributed by atoms with Gasteiger partial charge in [0.2, 0.25) is 0 Å². The molecule has 0 N–H and O–H groups in total. The van der Waals surface area contributed by atoms with E-state index in [1.54, 1.807) is 9.80 Å². The lowest BCUT2D eigenvalue weighted by Gasteiger charge is -2.35. The number of aryl methyl sites for hydroxylation is 2. The Morgan fingerprint density at radius 1 is 0.731 bits per heavy atom. The summed E-state index contributed by atoms with van der Waals surface area (Å²) in [6.45, 7) is 5.47. The van der Waals surface area contributed by atoms with E-state index in [-0.39, 0.29) is 17.4 Å². The summed E-state index contributed by atoms with van der Waals surface area (Å²) in [6.07, 6.45) is 0. The second-order valence-electron chi connectivity index (χ2n) is 6.51. The Hall–Kier alpha value is -2.76. The van der Waals surface area contributed by atoms with Gasteiger partial charge in [-0.3, -0.25) is 9.59 Å². The van der Waals surface area contributed by atoms with Gasteiger partial charge >= 0.3 is 0 Å². The number of halogens is 2. The number of amides is 2. The molecule has 1 fully saturated rings. The van der Waals surface area contributed by atoms with Crippen LogP contribution in [0, 0.1) is 25.5 Å². The van der Waals surface area contributed by atoms with E-state index >= 15 is 0 Å². The summed E-state index contributed by atoms with van der Waals surface area (Å²) in [4.78, 5) is 28.3. The van der Waals surface area contributed by atoms with Crippen LogP contribution in [0.3, 0.4) is 0 Å². The fourth-order valence-electron chi connectivity index (χ4n) is 2.98. The smallest absolute Gasteiger partial charge is 0.254 e. The predicted molar refractivity (Wildman–Crippen MR) is 94.1 cm³/mol. The van der Waals surface area contributed by atoms with E-state index in [1.807, 2.05) is 32.0 Å². The van der Waals surface area contributed by atoms with E-state index in [4.69, 9.17) is 0 Å². The maximum atomic E-state index is 13.3. The number of hydrogen-bond acceptors (Lipinski definition) is 2. The van der Waals surface area contributed by atoms with Crippen LogP contribution in [0.15, 0.2) is 36.4 Å². The van der Waals surface area contributed by atoms with Gasteiger partial charge in [-0.2, -0.15) is 0 Å². The van der Waals surface area contributed by atoms with Gasteiger partial charge in [0.25, 0.3) is 11.8 Å². The summed E-state index contributed by atoms with van der Waals surface area (Å²) in [6, 6.07) is 8.73. The SMILES string of the molecule is Cc1ccc(C(=O)N2CCN(C(=O)c3ccc(F)c(F)c3)CC2)cc1C. The van der Waals surface area contributed by atoms with Gasteiger partial charge in [0.15, 0.2) is 11.6 Å². The summed E-state index contributed by atoms with van der Waals surface area (Å²) < 4.78 is 26.3. The van der Waals surface area contributed by atoms with Crippen molar-refractivity contribution in [2.24, 2.45) is 0 Å². The molecule has 6 heteroatoms. The van der Waals surface area contributed by atoms with Crippen molar-refractivity contribution >= 4 is 11.8 Å². The Kier molecular flexibility index (Phi) is 5.02. The Labute approximate surface area is 151 Å². The van der Waals surface area contributed by atoms with Gasteiger partial charge in [-0.1, -0.05) is 6.07 Å². The van der Waals surface area contributed by atoms with E-state index in [2.05, 4.69) is 0 Å². The summed E-state index contributed by atoms with van der Waals surface area (Å²) >= 11 is 0. The summed E-state index contributed by atoms with van der Waals surface area (Å²) in [7, 11) is 0. The Balaban J connectivity index is 1.64. The minimum absolute atomic E-state index is 0.0620. The number of nitrogens with zero attached hydrogens (tertiary/aromatic N) is 2. The minimum atomic E-state index is -1.04. The molecule has 0 aliphatic carbocycles. The molecule has 2 amide bonds. The van der Waals surface area contributed by atoms with Gasteiger partial charge in [0, 0.05) is 37.3 Å². The molecule has 3 rings (SSSR count). The van der Waals surface area contributed by atoms with E-state index < -0.39 is 11.6 Å². The van der Waals surface area contributed by atoms with E-state index in [9.17, 15) is 18.4 Å². The molecule has 0 radical (unpaired) electrons. The van der Waals surface area contributed by atoms with Crippen molar-refractivity contribution in [3.63, 3.8) is 0 Å². The van der Waals surface area contributed by atoms with Crippen LogP contribution < -0.4 is 0 Å². The first-order chi connectivity index (χ1) is 12.4. The van der Waals surface area contributed by atoms with Crippen LogP contribution in [0.25, 0.3) is 0 Å². The highest BCUT2D eigenvalue weighted by Crippen LogP contribution is 2.16. The van der Waals surface area contributed by atoms with Crippen LogP contribution >= 0.6 is 0 Å². The average molecular weight is 358 g/mol. The monoisotopic (exact) mass is 358 g/mol. The Morgan fingerprint density at radius 2 is 1.23 bits per heavy atom. The summed E-state index contributed by atoms with van der Waals surface area (Å²) in [5.41, 5.74) is 2.93. The van der Waals surface area contributed by atoms with Crippen molar-refractivity contribution in [1.82, 2.24) is 9.80 Å². The first kappa shape index (κ1) is 18.0. The fraction of sp³-hybridized carbons (Fsp3) is 0.300. The maximum absolute atomic E-state index is 13.3. The lowest BCUT2D eigenvalue weighted by atomic mass is 10.1. The topological polar surface area (TPSA) is 40.6 Å². The zero-order chi connectivity index (χ0) is 18.8. The molecule has 0 spiro atoms. The second-order valence-corrected chi connectivity index (χ2v) is 6.51. The molecular weight excluding hydrogens is 338 g/mol. The molecule has 26 heavy (non-hydrogen) atoms. The predicted octanol–water partition coefficient (Wildman–Crippen LogP) is 3.18. The number of piperazine rings is 1. The number of carbonyl (C=O) groups is 2. The van der Waals surface area contributed by atoms with Crippen molar-refractivity contribution in [1.29, 1.82) is 0 Å². The van der Waals surface area contributed by atoms with Crippen molar-refractivity contribution in [3.8, 4) is 0 Å². The molecule has 2 aromatic rings. The molecule has 1 heterocycles. The van der Waals surface area contributed by atoms with E-state index in [1.165, 1.54) is 6.07 Å². The molecule has 4 nitrogen and oxygen atoms in total. The Morgan fingerprint density at radius 3 is 1.73 bits per heavy atom. The molecular formula is C20H20F2N2O2. The zero-order valence-electron chi connectivity index (χ0n) is 14.8. The number of carbonyl (C=O) groups excluding carboxylic acids is 2. The minimum Gasteiger partial charge on any atom is -0.335 e. The van der Waals surface area contributed by atoms with E-state index in [0.29, 0.717) is 31.7 Å². The van der Waals surface area contributed by atoms with Crippen LogP contribution in [0.2, 0.25) is 0 Å². The molecule has 1 aliphatic rings. The van der Waals surface area contributed by atoms with Crippen LogP contribution in [0.5, 0.6) is 0 Å². The van der Waals surface area contributed by atoms with Gasteiger partial charge < -0.3 is 9.80 Å². The van der Waals surface area contributed by atoms with Crippen LogP contribution in [-0.2, 0) is 0 Å². The average Bonchev–Trinajstić information content (AvgIpc) is 2.65. The molecule has 0 unspecified atom stereocenters. The first-order valence-electron chi connectivity index (χ1n) is 8.47. The molecule has 1 aliphatic heterocycles. The van der Waals surface area contributed by atoms with Gasteiger partial charge in [0.1, 0.15) is 0 Å². The highest BCUT2D eigenvalue weighted by atomic mass is 19.2. The van der Waals surface area contributed by atoms with Crippen molar-refractivity contribution < 1.29 is 18.4 Å². The van der Waals surface area contributed by atoms with Crippen LogP contribution in [0.1, 0.15) is 31.8 Å². The highest BCUT2D eigenvalue weighted by molar-refractivity contribution is 5.96. The Bertz CT molecular complexity index is 787.